The SMILES string of the molecule is C=C1C[C@]2(O)[C@](OCC)(c3ccccc31)[C@H]1C[C@@H](OC(=O)CCc3cccc(NC(=O)OC(C)(C)C)c3O[Si](C(C)C)(C(C)C)C(C)C)[C@]2(C)C1(C)C. The molecule has 2 aromatic rings. The van der Waals surface area contributed by atoms with Gasteiger partial charge in [-0.15, -0.1) is 0 Å². The van der Waals surface area contributed by atoms with Gasteiger partial charge in [-0.1, -0.05) is 105 Å². The fourth-order valence-corrected chi connectivity index (χ4v) is 16.3. The van der Waals surface area contributed by atoms with Crippen molar-refractivity contribution in [2.24, 2.45) is 16.7 Å². The number of carbonyl (C=O) groups excluding carboxylic acids is 2. The Hall–Kier alpha value is -3.14. The molecule has 9 heteroatoms. The highest BCUT2D eigenvalue weighted by atomic mass is 28.4. The van der Waals surface area contributed by atoms with Gasteiger partial charge in [0.25, 0.3) is 8.32 Å². The summed E-state index contributed by atoms with van der Waals surface area (Å²) in [6, 6.07) is 13.8. The third-order valence-electron chi connectivity index (χ3n) is 13.4. The number of nitrogens with one attached hydrogen (secondary N) is 1. The van der Waals surface area contributed by atoms with E-state index >= 15 is 0 Å². The van der Waals surface area contributed by atoms with Crippen molar-refractivity contribution in [2.75, 3.05) is 11.9 Å². The average Bonchev–Trinajstić information content (AvgIpc) is 3.30. The summed E-state index contributed by atoms with van der Waals surface area (Å²) in [4.78, 5) is 27.1. The zero-order chi connectivity index (χ0) is 39.5. The Morgan fingerprint density at radius 3 is 2.19 bits per heavy atom. The van der Waals surface area contributed by atoms with Gasteiger partial charge in [0.2, 0.25) is 0 Å². The Labute approximate surface area is 319 Å². The number of aliphatic hydroxyl groups is 1. The second-order valence-corrected chi connectivity index (χ2v) is 23.8. The minimum Gasteiger partial charge on any atom is -0.541 e. The average molecular weight is 748 g/mol. The lowest BCUT2D eigenvalue weighted by Crippen LogP contribution is -2.67. The van der Waals surface area contributed by atoms with Gasteiger partial charge in [0.15, 0.2) is 0 Å². The van der Waals surface area contributed by atoms with Crippen molar-refractivity contribution in [3.05, 3.63) is 65.7 Å². The molecule has 5 atom stereocenters. The van der Waals surface area contributed by atoms with Crippen LogP contribution in [0.2, 0.25) is 16.6 Å². The van der Waals surface area contributed by atoms with E-state index < -0.39 is 48.1 Å². The molecule has 2 fully saturated rings. The normalized spacial score (nSPS) is 27.5. The molecule has 3 aliphatic rings. The molecule has 292 valence electrons. The number of carbonyl (C=O) groups is 2. The van der Waals surface area contributed by atoms with Gasteiger partial charge < -0.3 is 23.7 Å². The molecule has 5 rings (SSSR count). The van der Waals surface area contributed by atoms with E-state index in [2.05, 4.69) is 86.3 Å². The number of amides is 1. The van der Waals surface area contributed by atoms with Gasteiger partial charge in [0.1, 0.15) is 28.7 Å². The third-order valence-corrected chi connectivity index (χ3v) is 19.4. The predicted octanol–water partition coefficient (Wildman–Crippen LogP) is 10.6. The topological polar surface area (TPSA) is 103 Å². The Balaban J connectivity index is 1.46. The number of rotatable bonds is 12. The van der Waals surface area contributed by atoms with Gasteiger partial charge in [-0.2, -0.15) is 0 Å². The number of ether oxygens (including phenoxy) is 3. The van der Waals surface area contributed by atoms with Crippen molar-refractivity contribution >= 4 is 31.6 Å². The smallest absolute Gasteiger partial charge is 0.412 e. The molecular formula is C44H65NO7Si. The molecule has 2 aromatic carbocycles. The summed E-state index contributed by atoms with van der Waals surface area (Å²) >= 11 is 0. The quantitative estimate of drug-likeness (QED) is 0.165. The third kappa shape index (κ3) is 6.26. The van der Waals surface area contributed by atoms with E-state index in [4.69, 9.17) is 18.6 Å². The van der Waals surface area contributed by atoms with Crippen LogP contribution in [0, 0.1) is 16.7 Å². The molecule has 0 radical (unpaired) electrons. The lowest BCUT2D eigenvalue weighted by atomic mass is 9.54. The van der Waals surface area contributed by atoms with Crippen LogP contribution >= 0.6 is 0 Å². The first kappa shape index (κ1) is 41.0. The first-order chi connectivity index (χ1) is 24.5. The van der Waals surface area contributed by atoms with E-state index in [9.17, 15) is 14.7 Å². The number of fused-ring (bicyclic) bond motifs is 7. The molecule has 0 heterocycles. The standard InChI is InChI=1S/C44H65NO7Si/c1-15-49-44-33-21-17-16-20-32(33)30(8)26-43(44,48)42(14)36(25-35(44)41(42,12)13)50-37(46)24-23-31-19-18-22-34(45-39(47)51-40(9,10)11)38(31)52-53(27(2)3,28(4)5)29(6)7/h16-22,27-29,35-36,48H,8,15,23-26H2,1-7,9-14H3,(H,45,47)/t35-,36+,42+,43+,44-/m0/s1. The van der Waals surface area contributed by atoms with Crippen LogP contribution < -0.4 is 9.74 Å². The van der Waals surface area contributed by atoms with Crippen LogP contribution in [0.5, 0.6) is 5.75 Å². The maximum absolute atomic E-state index is 14.0. The minimum absolute atomic E-state index is 0.103. The van der Waals surface area contributed by atoms with Gasteiger partial charge in [-0.05, 0) is 90.9 Å². The second kappa shape index (κ2) is 14.2. The zero-order valence-corrected chi connectivity index (χ0v) is 35.6. The van der Waals surface area contributed by atoms with Crippen molar-refractivity contribution in [3.63, 3.8) is 0 Å². The number of para-hydroxylation sites is 1. The summed E-state index contributed by atoms with van der Waals surface area (Å²) in [5.41, 5.74) is 0.857. The van der Waals surface area contributed by atoms with E-state index in [1.165, 1.54) is 0 Å². The van der Waals surface area contributed by atoms with Crippen LogP contribution in [-0.2, 0) is 31.0 Å². The molecule has 0 spiro atoms. The molecule has 2 N–H and O–H groups in total. The summed E-state index contributed by atoms with van der Waals surface area (Å²) in [5.74, 6) is 0.155. The van der Waals surface area contributed by atoms with E-state index in [0.29, 0.717) is 37.3 Å². The van der Waals surface area contributed by atoms with Gasteiger partial charge in [0.05, 0.1) is 5.69 Å². The molecule has 2 saturated carbocycles. The van der Waals surface area contributed by atoms with E-state index in [-0.39, 0.29) is 34.9 Å². The minimum atomic E-state index is -2.48. The van der Waals surface area contributed by atoms with Crippen LogP contribution in [-0.4, -0.2) is 49.4 Å². The summed E-state index contributed by atoms with van der Waals surface area (Å²) < 4.78 is 26.1. The van der Waals surface area contributed by atoms with Crippen molar-refractivity contribution in [1.29, 1.82) is 0 Å². The largest absolute Gasteiger partial charge is 0.541 e. The summed E-state index contributed by atoms with van der Waals surface area (Å²) in [6.45, 7) is 32.1. The van der Waals surface area contributed by atoms with Crippen LogP contribution in [0.15, 0.2) is 49.0 Å². The highest BCUT2D eigenvalue weighted by molar-refractivity contribution is 6.78. The maximum atomic E-state index is 14.0. The molecule has 1 amide bonds. The second-order valence-electron chi connectivity index (χ2n) is 18.4. The van der Waals surface area contributed by atoms with E-state index in [0.717, 1.165) is 22.3 Å². The van der Waals surface area contributed by atoms with Crippen LogP contribution in [0.25, 0.3) is 5.57 Å². The zero-order valence-electron chi connectivity index (χ0n) is 34.6. The molecule has 8 nitrogen and oxygen atoms in total. The van der Waals surface area contributed by atoms with Crippen molar-refractivity contribution in [1.82, 2.24) is 0 Å². The lowest BCUT2D eigenvalue weighted by Gasteiger charge is -2.58. The monoisotopic (exact) mass is 747 g/mol. The molecule has 3 aliphatic carbocycles. The van der Waals surface area contributed by atoms with Crippen LogP contribution in [0.3, 0.4) is 0 Å². The van der Waals surface area contributed by atoms with E-state index in [1.807, 2.05) is 58.0 Å². The summed E-state index contributed by atoms with van der Waals surface area (Å²) in [6.07, 6.45) is 0.280. The molecule has 0 saturated heterocycles. The Bertz CT molecular complexity index is 1700. The Morgan fingerprint density at radius 2 is 1.60 bits per heavy atom. The number of aryl methyl sites for hydroxylation is 1. The van der Waals surface area contributed by atoms with Crippen LogP contribution in [0.1, 0.15) is 126 Å². The Kier molecular flexibility index (Phi) is 11.0. The number of hydrogen-bond donors (Lipinski definition) is 2. The van der Waals surface area contributed by atoms with Crippen molar-refractivity contribution < 1.29 is 33.3 Å². The van der Waals surface area contributed by atoms with Gasteiger partial charge in [-0.3, -0.25) is 10.1 Å². The molecule has 0 unspecified atom stereocenters. The van der Waals surface area contributed by atoms with Crippen LogP contribution in [0.4, 0.5) is 10.5 Å². The first-order valence-electron chi connectivity index (χ1n) is 19.7. The molecule has 0 aromatic heterocycles. The molecule has 53 heavy (non-hydrogen) atoms. The maximum Gasteiger partial charge on any atom is 0.412 e. The number of benzene rings is 2. The molecular weight excluding hydrogens is 683 g/mol. The fraction of sp³-hybridized carbons (Fsp3) is 0.636. The van der Waals surface area contributed by atoms with Gasteiger partial charge >= 0.3 is 12.1 Å². The van der Waals surface area contributed by atoms with Crippen molar-refractivity contribution in [2.45, 2.75) is 155 Å². The lowest BCUT2D eigenvalue weighted by molar-refractivity contribution is -0.261. The molecule has 2 bridgehead atoms. The van der Waals surface area contributed by atoms with Crippen molar-refractivity contribution in [3.8, 4) is 5.75 Å². The Morgan fingerprint density at radius 1 is 0.981 bits per heavy atom. The highest BCUT2D eigenvalue weighted by Crippen LogP contribution is 2.80. The number of hydrogen-bond acceptors (Lipinski definition) is 7. The summed E-state index contributed by atoms with van der Waals surface area (Å²) in [7, 11) is -2.48. The summed E-state index contributed by atoms with van der Waals surface area (Å²) in [5, 5.41) is 16.1. The van der Waals surface area contributed by atoms with E-state index in [1.54, 1.807) is 0 Å². The predicted molar refractivity (Wildman–Crippen MR) is 215 cm³/mol. The van der Waals surface area contributed by atoms with Gasteiger partial charge in [-0.25, -0.2) is 4.79 Å². The molecule has 0 aliphatic heterocycles. The first-order valence-corrected chi connectivity index (χ1v) is 21.8. The highest BCUT2D eigenvalue weighted by Gasteiger charge is 2.85. The fourth-order valence-electron chi connectivity index (χ4n) is 11.0. The van der Waals surface area contributed by atoms with Gasteiger partial charge in [0, 0.05) is 30.8 Å². The number of anilines is 1. The number of esters is 1.